The molecule has 0 radical (unpaired) electrons. The summed E-state index contributed by atoms with van der Waals surface area (Å²) >= 11 is 0. The molecule has 0 saturated heterocycles. The van der Waals surface area contributed by atoms with Crippen LogP contribution in [-0.4, -0.2) is 24.7 Å². The SMILES string of the molecule is COc1ccncc1C#CCNC(=O)OCc1ccccc1. The molecule has 1 aromatic carbocycles. The van der Waals surface area contributed by atoms with Crippen LogP contribution >= 0.6 is 0 Å². The second-order valence-corrected chi connectivity index (χ2v) is 4.29. The summed E-state index contributed by atoms with van der Waals surface area (Å²) in [6.45, 7) is 0.419. The maximum Gasteiger partial charge on any atom is 0.408 e. The van der Waals surface area contributed by atoms with Crippen LogP contribution in [0.1, 0.15) is 11.1 Å². The number of rotatable bonds is 4. The fourth-order valence-electron chi connectivity index (χ4n) is 1.68. The van der Waals surface area contributed by atoms with Crippen molar-refractivity contribution in [2.45, 2.75) is 6.61 Å². The molecule has 2 rings (SSSR count). The van der Waals surface area contributed by atoms with Crippen molar-refractivity contribution in [3.8, 4) is 17.6 Å². The van der Waals surface area contributed by atoms with Gasteiger partial charge in [-0.2, -0.15) is 0 Å². The highest BCUT2D eigenvalue weighted by molar-refractivity contribution is 5.67. The summed E-state index contributed by atoms with van der Waals surface area (Å²) in [5.41, 5.74) is 1.60. The number of hydrogen-bond donors (Lipinski definition) is 1. The molecule has 0 aliphatic rings. The monoisotopic (exact) mass is 296 g/mol. The average molecular weight is 296 g/mol. The van der Waals surface area contributed by atoms with Crippen LogP contribution in [0.5, 0.6) is 5.75 Å². The van der Waals surface area contributed by atoms with Crippen molar-refractivity contribution in [2.75, 3.05) is 13.7 Å². The first kappa shape index (κ1) is 15.4. The molecule has 0 aliphatic carbocycles. The largest absolute Gasteiger partial charge is 0.495 e. The lowest BCUT2D eigenvalue weighted by Gasteiger charge is -2.04. The van der Waals surface area contributed by atoms with E-state index in [0.717, 1.165) is 5.56 Å². The summed E-state index contributed by atoms with van der Waals surface area (Å²) in [7, 11) is 1.57. The lowest BCUT2D eigenvalue weighted by molar-refractivity contribution is 0.141. The number of benzene rings is 1. The molecular formula is C17H16N2O3. The number of carbonyl (C=O) groups excluding carboxylic acids is 1. The molecule has 112 valence electrons. The van der Waals surface area contributed by atoms with E-state index >= 15 is 0 Å². The molecule has 0 atom stereocenters. The molecule has 5 heteroatoms. The predicted octanol–water partition coefficient (Wildman–Crippen LogP) is 2.37. The third-order valence-electron chi connectivity index (χ3n) is 2.76. The molecule has 0 unspecified atom stereocenters. The van der Waals surface area contributed by atoms with E-state index in [1.165, 1.54) is 0 Å². The minimum Gasteiger partial charge on any atom is -0.495 e. The van der Waals surface area contributed by atoms with Crippen LogP contribution in [0.4, 0.5) is 4.79 Å². The van der Waals surface area contributed by atoms with E-state index in [1.807, 2.05) is 30.3 Å². The fourth-order valence-corrected chi connectivity index (χ4v) is 1.68. The summed E-state index contributed by atoms with van der Waals surface area (Å²) in [5, 5.41) is 2.56. The van der Waals surface area contributed by atoms with Gasteiger partial charge in [-0.15, -0.1) is 0 Å². The Bertz CT molecular complexity index is 675. The van der Waals surface area contributed by atoms with Gasteiger partial charge in [0.2, 0.25) is 0 Å². The van der Waals surface area contributed by atoms with Crippen LogP contribution in [0, 0.1) is 11.8 Å². The van der Waals surface area contributed by atoms with Crippen molar-refractivity contribution in [1.82, 2.24) is 10.3 Å². The zero-order valence-electron chi connectivity index (χ0n) is 12.2. The number of pyridine rings is 1. The van der Waals surface area contributed by atoms with Crippen molar-refractivity contribution < 1.29 is 14.3 Å². The summed E-state index contributed by atoms with van der Waals surface area (Å²) in [5.74, 6) is 6.36. The number of alkyl carbamates (subject to hydrolysis) is 1. The second-order valence-electron chi connectivity index (χ2n) is 4.29. The van der Waals surface area contributed by atoms with Gasteiger partial charge in [0.25, 0.3) is 0 Å². The van der Waals surface area contributed by atoms with Crippen LogP contribution in [-0.2, 0) is 11.3 Å². The lowest BCUT2D eigenvalue weighted by atomic mass is 10.2. The van der Waals surface area contributed by atoms with Gasteiger partial charge in [0, 0.05) is 12.4 Å². The summed E-state index contributed by atoms with van der Waals surface area (Å²) in [6, 6.07) is 11.2. The molecule has 0 spiro atoms. The standard InChI is InChI=1S/C17H16N2O3/c1-21-16-9-11-18-12-15(16)8-5-10-19-17(20)22-13-14-6-3-2-4-7-14/h2-4,6-7,9,11-12H,10,13H2,1H3,(H,19,20). The molecule has 1 heterocycles. The quantitative estimate of drug-likeness (QED) is 0.880. The topological polar surface area (TPSA) is 60.5 Å². The Labute approximate surface area is 129 Å². The van der Waals surface area contributed by atoms with Crippen LogP contribution in [0.25, 0.3) is 0 Å². The van der Waals surface area contributed by atoms with Crippen LogP contribution in [0.15, 0.2) is 48.8 Å². The molecule has 22 heavy (non-hydrogen) atoms. The molecular weight excluding hydrogens is 280 g/mol. The van der Waals surface area contributed by atoms with Gasteiger partial charge in [-0.3, -0.25) is 4.98 Å². The molecule has 0 fully saturated rings. The Hall–Kier alpha value is -3.00. The molecule has 5 nitrogen and oxygen atoms in total. The van der Waals surface area contributed by atoms with Crippen molar-refractivity contribution in [1.29, 1.82) is 0 Å². The van der Waals surface area contributed by atoms with Gasteiger partial charge in [-0.25, -0.2) is 4.79 Å². The molecule has 0 aliphatic heterocycles. The van der Waals surface area contributed by atoms with E-state index in [4.69, 9.17) is 9.47 Å². The Balaban J connectivity index is 1.77. The number of aromatic nitrogens is 1. The van der Waals surface area contributed by atoms with Gasteiger partial charge in [0.15, 0.2) is 0 Å². The Morgan fingerprint density at radius 3 is 2.86 bits per heavy atom. The van der Waals surface area contributed by atoms with Gasteiger partial charge in [-0.05, 0) is 11.6 Å². The smallest absolute Gasteiger partial charge is 0.408 e. The van der Waals surface area contributed by atoms with Crippen molar-refractivity contribution in [3.63, 3.8) is 0 Å². The normalized spacial score (nSPS) is 9.32. The lowest BCUT2D eigenvalue weighted by Crippen LogP contribution is -2.24. The Kier molecular flexibility index (Phi) is 5.82. The molecule has 1 aromatic heterocycles. The zero-order valence-corrected chi connectivity index (χ0v) is 12.2. The second kappa shape index (κ2) is 8.32. The molecule has 0 bridgehead atoms. The Morgan fingerprint density at radius 1 is 1.27 bits per heavy atom. The van der Waals surface area contributed by atoms with Crippen LogP contribution in [0.3, 0.4) is 0 Å². The van der Waals surface area contributed by atoms with E-state index < -0.39 is 6.09 Å². The Morgan fingerprint density at radius 2 is 2.09 bits per heavy atom. The van der Waals surface area contributed by atoms with Crippen molar-refractivity contribution >= 4 is 6.09 Å². The third kappa shape index (κ3) is 4.84. The van der Waals surface area contributed by atoms with Crippen LogP contribution < -0.4 is 10.1 Å². The van der Waals surface area contributed by atoms with E-state index in [2.05, 4.69) is 22.1 Å². The maximum absolute atomic E-state index is 11.5. The highest BCUT2D eigenvalue weighted by atomic mass is 16.5. The maximum atomic E-state index is 11.5. The summed E-state index contributed by atoms with van der Waals surface area (Å²) < 4.78 is 10.2. The summed E-state index contributed by atoms with van der Waals surface area (Å²) in [4.78, 5) is 15.5. The highest BCUT2D eigenvalue weighted by Gasteiger charge is 2.01. The van der Waals surface area contributed by atoms with Gasteiger partial charge >= 0.3 is 6.09 Å². The number of nitrogens with zero attached hydrogens (tertiary/aromatic N) is 1. The van der Waals surface area contributed by atoms with Crippen molar-refractivity contribution in [3.05, 3.63) is 59.9 Å². The number of methoxy groups -OCH3 is 1. The van der Waals surface area contributed by atoms with E-state index in [1.54, 1.807) is 25.6 Å². The third-order valence-corrected chi connectivity index (χ3v) is 2.76. The van der Waals surface area contributed by atoms with Crippen LogP contribution in [0.2, 0.25) is 0 Å². The fraction of sp³-hybridized carbons (Fsp3) is 0.176. The number of ether oxygens (including phenoxy) is 2. The number of amides is 1. The highest BCUT2D eigenvalue weighted by Crippen LogP contribution is 2.13. The molecule has 1 amide bonds. The van der Waals surface area contributed by atoms with Gasteiger partial charge in [-0.1, -0.05) is 42.2 Å². The minimum absolute atomic E-state index is 0.186. The number of nitrogens with one attached hydrogen (secondary N) is 1. The first-order valence-corrected chi connectivity index (χ1v) is 6.71. The van der Waals surface area contributed by atoms with E-state index in [-0.39, 0.29) is 13.2 Å². The van der Waals surface area contributed by atoms with Gasteiger partial charge in [0.05, 0.1) is 19.2 Å². The van der Waals surface area contributed by atoms with E-state index in [0.29, 0.717) is 11.3 Å². The van der Waals surface area contributed by atoms with Gasteiger partial charge in [0.1, 0.15) is 12.4 Å². The van der Waals surface area contributed by atoms with Gasteiger partial charge < -0.3 is 14.8 Å². The first-order chi connectivity index (χ1) is 10.8. The first-order valence-electron chi connectivity index (χ1n) is 6.71. The molecule has 0 saturated carbocycles. The number of hydrogen-bond acceptors (Lipinski definition) is 4. The number of carbonyl (C=O) groups is 1. The molecule has 2 aromatic rings. The predicted molar refractivity (Wildman–Crippen MR) is 82.3 cm³/mol. The summed E-state index contributed by atoms with van der Waals surface area (Å²) in [6.07, 6.45) is 2.74. The zero-order chi connectivity index (χ0) is 15.6. The molecule has 1 N–H and O–H groups in total. The minimum atomic E-state index is -0.503. The van der Waals surface area contributed by atoms with Crippen molar-refractivity contribution in [2.24, 2.45) is 0 Å². The van der Waals surface area contributed by atoms with E-state index in [9.17, 15) is 4.79 Å². The average Bonchev–Trinajstić information content (AvgIpc) is 2.58.